The van der Waals surface area contributed by atoms with Crippen molar-refractivity contribution in [2.45, 2.75) is 51.1 Å². The molecule has 0 bridgehead atoms. The van der Waals surface area contributed by atoms with Crippen LogP contribution in [-0.4, -0.2) is 59.9 Å². The molecule has 214 valence electrons. The lowest BCUT2D eigenvalue weighted by molar-refractivity contribution is -0.118. The lowest BCUT2D eigenvalue weighted by Crippen LogP contribution is -2.53. The zero-order chi connectivity index (χ0) is 28.9. The molecule has 3 aromatic carbocycles. The number of benzene rings is 3. The first kappa shape index (κ1) is 28.4. The molecule has 0 spiro atoms. The van der Waals surface area contributed by atoms with E-state index in [2.05, 4.69) is 56.9 Å². The minimum absolute atomic E-state index is 0.193. The van der Waals surface area contributed by atoms with Gasteiger partial charge in [-0.15, -0.1) is 0 Å². The van der Waals surface area contributed by atoms with Crippen LogP contribution in [0.1, 0.15) is 53.9 Å². The summed E-state index contributed by atoms with van der Waals surface area (Å²) in [6, 6.07) is 23.6. The van der Waals surface area contributed by atoms with Crippen molar-refractivity contribution in [1.29, 1.82) is 0 Å². The molecule has 1 fully saturated rings. The molecule has 0 radical (unpaired) electrons. The second-order valence-electron chi connectivity index (χ2n) is 11.5. The van der Waals surface area contributed by atoms with Gasteiger partial charge in [0.25, 0.3) is 0 Å². The van der Waals surface area contributed by atoms with Crippen LogP contribution < -0.4 is 10.6 Å². The number of fused-ring (bicyclic) bond motifs is 1. The van der Waals surface area contributed by atoms with E-state index in [1.807, 2.05) is 75.4 Å². The molecule has 1 aliphatic rings. The molecule has 3 N–H and O–H groups in total. The monoisotopic (exact) mass is 551 g/mol. The third-order valence-electron chi connectivity index (χ3n) is 8.42. The molecule has 7 nitrogen and oxygen atoms in total. The summed E-state index contributed by atoms with van der Waals surface area (Å²) in [5.74, 6) is -0.0375. The summed E-state index contributed by atoms with van der Waals surface area (Å²) < 4.78 is 0. The number of carbonyl (C=O) groups excluding carboxylic acids is 2. The van der Waals surface area contributed by atoms with Crippen molar-refractivity contribution in [2.24, 2.45) is 0 Å². The molecule has 2 atom stereocenters. The summed E-state index contributed by atoms with van der Waals surface area (Å²) in [7, 11) is 4.06. The lowest BCUT2D eigenvalue weighted by atomic mass is 9.89. The highest BCUT2D eigenvalue weighted by molar-refractivity contribution is 5.99. The number of aromatic nitrogens is 1. The van der Waals surface area contributed by atoms with Crippen molar-refractivity contribution in [2.75, 3.05) is 32.5 Å². The Morgan fingerprint density at radius 3 is 2.41 bits per heavy atom. The highest BCUT2D eigenvalue weighted by Gasteiger charge is 2.33. The lowest BCUT2D eigenvalue weighted by Gasteiger charge is -2.34. The summed E-state index contributed by atoms with van der Waals surface area (Å²) in [5, 5.41) is 7.34. The standard InChI is InChI=1S/C34H41N5O2/c1-23-27(22-38(3)4)13-10-16-30(23)36-33(40)32(24(2)29-21-35-31-15-9-8-14-28(29)31)37-34(41)39-19-17-26(18-20-39)25-11-6-5-7-12-25/h5-16,21,24,26,32,35H,17-20,22H2,1-4H3,(H,36,40)(H,37,41)/t24-,32?/m0/s1. The molecule has 5 rings (SSSR count). The zero-order valence-corrected chi connectivity index (χ0v) is 24.5. The Morgan fingerprint density at radius 1 is 0.976 bits per heavy atom. The van der Waals surface area contributed by atoms with E-state index in [1.165, 1.54) is 5.56 Å². The van der Waals surface area contributed by atoms with Crippen LogP contribution in [-0.2, 0) is 11.3 Å². The van der Waals surface area contributed by atoms with E-state index in [0.29, 0.717) is 19.0 Å². The third kappa shape index (κ3) is 6.46. The second kappa shape index (κ2) is 12.6. The van der Waals surface area contributed by atoms with Crippen LogP contribution in [0.5, 0.6) is 0 Å². The Morgan fingerprint density at radius 2 is 1.68 bits per heavy atom. The van der Waals surface area contributed by atoms with Gasteiger partial charge in [0.05, 0.1) is 0 Å². The Bertz CT molecular complexity index is 1490. The van der Waals surface area contributed by atoms with Crippen LogP contribution in [0.25, 0.3) is 10.9 Å². The minimum atomic E-state index is -0.759. The van der Waals surface area contributed by atoms with Gasteiger partial charge in [-0.3, -0.25) is 4.79 Å². The first-order chi connectivity index (χ1) is 19.8. The van der Waals surface area contributed by atoms with Gasteiger partial charge in [-0.05, 0) is 74.2 Å². The van der Waals surface area contributed by atoms with Crippen LogP contribution >= 0.6 is 0 Å². The zero-order valence-electron chi connectivity index (χ0n) is 24.5. The van der Waals surface area contributed by atoms with Crippen LogP contribution in [0, 0.1) is 6.92 Å². The van der Waals surface area contributed by atoms with Crippen molar-refractivity contribution >= 4 is 28.5 Å². The Kier molecular flexibility index (Phi) is 8.74. The molecule has 1 aromatic heterocycles. The first-order valence-electron chi connectivity index (χ1n) is 14.5. The normalized spacial score (nSPS) is 15.6. The molecular formula is C34H41N5O2. The summed E-state index contributed by atoms with van der Waals surface area (Å²) in [6.07, 6.45) is 3.77. The van der Waals surface area contributed by atoms with Gasteiger partial charge in [-0.2, -0.15) is 0 Å². The molecule has 3 amide bonds. The fraction of sp³-hybridized carbons (Fsp3) is 0.353. The number of anilines is 1. The van der Waals surface area contributed by atoms with E-state index in [0.717, 1.165) is 52.7 Å². The van der Waals surface area contributed by atoms with Crippen molar-refractivity contribution < 1.29 is 9.59 Å². The summed E-state index contributed by atoms with van der Waals surface area (Å²) in [5.41, 5.74) is 6.28. The Hall–Kier alpha value is -4.10. The molecule has 7 heteroatoms. The van der Waals surface area contributed by atoms with E-state index in [9.17, 15) is 9.59 Å². The van der Waals surface area contributed by atoms with Gasteiger partial charge >= 0.3 is 6.03 Å². The molecule has 41 heavy (non-hydrogen) atoms. The van der Waals surface area contributed by atoms with Crippen molar-refractivity contribution in [1.82, 2.24) is 20.1 Å². The average Bonchev–Trinajstić information content (AvgIpc) is 3.42. The summed E-state index contributed by atoms with van der Waals surface area (Å²) in [6.45, 7) is 6.14. The molecule has 2 heterocycles. The number of para-hydroxylation sites is 1. The molecule has 1 saturated heterocycles. The van der Waals surface area contributed by atoms with E-state index in [-0.39, 0.29) is 17.9 Å². The largest absolute Gasteiger partial charge is 0.361 e. The maximum atomic E-state index is 14.0. The van der Waals surface area contributed by atoms with E-state index in [4.69, 9.17) is 0 Å². The van der Waals surface area contributed by atoms with Gasteiger partial charge in [-0.25, -0.2) is 4.79 Å². The number of rotatable bonds is 8. The quantitative estimate of drug-likeness (QED) is 0.243. The Labute approximate surface area is 242 Å². The second-order valence-corrected chi connectivity index (χ2v) is 11.5. The number of carbonyl (C=O) groups is 2. The molecule has 1 aliphatic heterocycles. The number of H-pyrrole nitrogens is 1. The van der Waals surface area contributed by atoms with Crippen LogP contribution in [0.4, 0.5) is 10.5 Å². The van der Waals surface area contributed by atoms with E-state index in [1.54, 1.807) is 0 Å². The molecule has 4 aromatic rings. The number of nitrogens with one attached hydrogen (secondary N) is 3. The predicted molar refractivity (Wildman–Crippen MR) is 166 cm³/mol. The SMILES string of the molecule is Cc1c(CN(C)C)cccc1NC(=O)C(NC(=O)N1CCC(c2ccccc2)CC1)[C@@H](C)c1c[nH]c2ccccc12. The van der Waals surface area contributed by atoms with E-state index < -0.39 is 6.04 Å². The highest BCUT2D eigenvalue weighted by atomic mass is 16.2. The smallest absolute Gasteiger partial charge is 0.318 e. The maximum absolute atomic E-state index is 14.0. The van der Waals surface area contributed by atoms with Gasteiger partial charge < -0.3 is 25.4 Å². The molecule has 0 aliphatic carbocycles. The van der Waals surface area contributed by atoms with Crippen molar-refractivity contribution in [3.8, 4) is 0 Å². The van der Waals surface area contributed by atoms with E-state index >= 15 is 0 Å². The average molecular weight is 552 g/mol. The van der Waals surface area contributed by atoms with Crippen LogP contribution in [0.15, 0.2) is 79.0 Å². The molecule has 1 unspecified atom stereocenters. The van der Waals surface area contributed by atoms with Crippen LogP contribution in [0.3, 0.4) is 0 Å². The topological polar surface area (TPSA) is 80.5 Å². The number of amides is 3. The van der Waals surface area contributed by atoms with Crippen molar-refractivity contribution in [3.05, 3.63) is 101 Å². The van der Waals surface area contributed by atoms with Gasteiger partial charge in [-0.1, -0.05) is 67.6 Å². The maximum Gasteiger partial charge on any atom is 0.318 e. The highest BCUT2D eigenvalue weighted by Crippen LogP contribution is 2.31. The fourth-order valence-corrected chi connectivity index (χ4v) is 5.97. The molecular weight excluding hydrogens is 510 g/mol. The third-order valence-corrected chi connectivity index (χ3v) is 8.42. The first-order valence-corrected chi connectivity index (χ1v) is 14.5. The number of piperidine rings is 1. The summed E-state index contributed by atoms with van der Waals surface area (Å²) >= 11 is 0. The number of hydrogen-bond acceptors (Lipinski definition) is 3. The molecule has 0 saturated carbocycles. The van der Waals surface area contributed by atoms with Gasteiger partial charge in [0, 0.05) is 48.3 Å². The number of likely N-dealkylation sites (tertiary alicyclic amines) is 1. The van der Waals surface area contributed by atoms with Crippen molar-refractivity contribution in [3.63, 3.8) is 0 Å². The van der Waals surface area contributed by atoms with Crippen LogP contribution in [0.2, 0.25) is 0 Å². The number of hydrogen-bond donors (Lipinski definition) is 3. The van der Waals surface area contributed by atoms with Gasteiger partial charge in [0.15, 0.2) is 0 Å². The number of nitrogens with zero attached hydrogens (tertiary/aromatic N) is 2. The predicted octanol–water partition coefficient (Wildman–Crippen LogP) is 6.24. The fourth-order valence-electron chi connectivity index (χ4n) is 5.97. The summed E-state index contributed by atoms with van der Waals surface area (Å²) in [4.78, 5) is 34.9. The van der Waals surface area contributed by atoms with Gasteiger partial charge in [0.2, 0.25) is 5.91 Å². The number of urea groups is 1. The Balaban J connectivity index is 1.36. The minimum Gasteiger partial charge on any atom is -0.361 e. The van der Waals surface area contributed by atoms with Gasteiger partial charge in [0.1, 0.15) is 6.04 Å². The number of aromatic amines is 1.